The smallest absolute Gasteiger partial charge is 0.294 e. The fourth-order valence-corrected chi connectivity index (χ4v) is 3.48. The summed E-state index contributed by atoms with van der Waals surface area (Å²) >= 11 is 0. The largest absolute Gasteiger partial charge is 0.416 e. The van der Waals surface area contributed by atoms with Gasteiger partial charge in [0.15, 0.2) is 11.6 Å². The SMILES string of the molecule is CC(=O)/C(=C\c1ccc(/C=C(\C(C)=O)c2ccc(C(F)(F)F)cc2)cc1)c1ccc(C(F)(F)F)cc1. The van der Waals surface area contributed by atoms with Crippen LogP contribution in [0.3, 0.4) is 0 Å². The Bertz CT molecular complexity index is 1200. The third kappa shape index (κ3) is 6.59. The first-order chi connectivity index (χ1) is 16.8. The Balaban J connectivity index is 1.90. The van der Waals surface area contributed by atoms with Crippen LogP contribution in [0.2, 0.25) is 0 Å². The Morgan fingerprint density at radius 2 is 0.806 bits per heavy atom. The number of allylic oxidation sites excluding steroid dienone is 2. The minimum Gasteiger partial charge on any atom is -0.294 e. The van der Waals surface area contributed by atoms with Gasteiger partial charge in [-0.25, -0.2) is 0 Å². The number of carbonyl (C=O) groups excluding carboxylic acids is 2. The summed E-state index contributed by atoms with van der Waals surface area (Å²) in [7, 11) is 0. The normalized spacial score (nSPS) is 13.0. The Hall–Kier alpha value is -3.94. The van der Waals surface area contributed by atoms with E-state index in [4.69, 9.17) is 0 Å². The zero-order valence-electron chi connectivity index (χ0n) is 19.2. The molecule has 0 spiro atoms. The van der Waals surface area contributed by atoms with E-state index in [1.54, 1.807) is 36.4 Å². The molecule has 8 heteroatoms. The standard InChI is InChI=1S/C28H20F6O2/c1-17(35)25(21-7-11-23(12-8-21)27(29,30)31)15-19-3-5-20(6-4-19)16-26(18(2)36)22-9-13-24(14-10-22)28(32,33)34/h3-16H,1-2H3/b25-15+,26-16+. The van der Waals surface area contributed by atoms with Gasteiger partial charge in [0.1, 0.15) is 0 Å². The number of halogens is 6. The average molecular weight is 502 g/mol. The summed E-state index contributed by atoms with van der Waals surface area (Å²) in [5, 5.41) is 0. The number of ketones is 2. The number of Topliss-reactive ketones (excluding diaryl/α,β-unsaturated/α-hetero) is 2. The molecule has 0 heterocycles. The molecule has 0 N–H and O–H groups in total. The van der Waals surface area contributed by atoms with Gasteiger partial charge in [-0.1, -0.05) is 48.5 Å². The Morgan fingerprint density at radius 3 is 1.03 bits per heavy atom. The van der Waals surface area contributed by atoms with Crippen molar-refractivity contribution in [1.29, 1.82) is 0 Å². The van der Waals surface area contributed by atoms with E-state index in [9.17, 15) is 35.9 Å². The van der Waals surface area contributed by atoms with Crippen LogP contribution in [0.1, 0.15) is 47.2 Å². The summed E-state index contributed by atoms with van der Waals surface area (Å²) in [6.45, 7) is 2.62. The second kappa shape index (κ2) is 10.4. The molecule has 0 aliphatic carbocycles. The molecule has 0 fully saturated rings. The van der Waals surface area contributed by atoms with Crippen molar-refractivity contribution in [3.8, 4) is 0 Å². The highest BCUT2D eigenvalue weighted by molar-refractivity contribution is 6.25. The molecule has 186 valence electrons. The zero-order chi connectivity index (χ0) is 26.7. The molecular weight excluding hydrogens is 482 g/mol. The van der Waals surface area contributed by atoms with Crippen molar-refractivity contribution in [3.63, 3.8) is 0 Å². The summed E-state index contributed by atoms with van der Waals surface area (Å²) in [5.41, 5.74) is 0.662. The van der Waals surface area contributed by atoms with Crippen molar-refractivity contribution in [1.82, 2.24) is 0 Å². The molecular formula is C28H20F6O2. The van der Waals surface area contributed by atoms with Gasteiger partial charge in [-0.15, -0.1) is 0 Å². The van der Waals surface area contributed by atoms with Crippen molar-refractivity contribution in [3.05, 3.63) is 106 Å². The summed E-state index contributed by atoms with van der Waals surface area (Å²) in [4.78, 5) is 24.3. The summed E-state index contributed by atoms with van der Waals surface area (Å²) in [6.07, 6.45) is -5.89. The molecule has 3 aromatic carbocycles. The number of alkyl halides is 6. The van der Waals surface area contributed by atoms with Gasteiger partial charge < -0.3 is 0 Å². The fraction of sp³-hybridized carbons (Fsp3) is 0.143. The molecule has 3 aromatic rings. The average Bonchev–Trinajstić information content (AvgIpc) is 2.80. The van der Waals surface area contributed by atoms with Crippen LogP contribution < -0.4 is 0 Å². The van der Waals surface area contributed by atoms with Gasteiger partial charge in [-0.2, -0.15) is 26.3 Å². The Kier molecular flexibility index (Phi) is 7.67. The van der Waals surface area contributed by atoms with E-state index in [1.807, 2.05) is 0 Å². The molecule has 0 amide bonds. The summed E-state index contributed by atoms with van der Waals surface area (Å²) < 4.78 is 76.9. The first kappa shape index (κ1) is 26.7. The van der Waals surface area contributed by atoms with Gasteiger partial charge >= 0.3 is 12.4 Å². The van der Waals surface area contributed by atoms with Gasteiger partial charge in [-0.3, -0.25) is 9.59 Å². The summed E-state index contributed by atoms with van der Waals surface area (Å²) in [5.74, 6) is -0.667. The van der Waals surface area contributed by atoms with E-state index in [1.165, 1.54) is 38.1 Å². The van der Waals surface area contributed by atoms with Crippen molar-refractivity contribution < 1.29 is 35.9 Å². The van der Waals surface area contributed by atoms with Gasteiger partial charge in [0, 0.05) is 11.1 Å². The lowest BCUT2D eigenvalue weighted by molar-refractivity contribution is -0.138. The lowest BCUT2D eigenvalue weighted by Gasteiger charge is -2.10. The monoisotopic (exact) mass is 502 g/mol. The second-order valence-corrected chi connectivity index (χ2v) is 8.05. The third-order valence-electron chi connectivity index (χ3n) is 5.36. The number of carbonyl (C=O) groups is 2. The number of rotatable bonds is 6. The van der Waals surface area contributed by atoms with Crippen LogP contribution in [0.4, 0.5) is 26.3 Å². The fourth-order valence-electron chi connectivity index (χ4n) is 3.48. The van der Waals surface area contributed by atoms with Crippen LogP contribution in [0, 0.1) is 0 Å². The maximum absolute atomic E-state index is 12.8. The minimum atomic E-state index is -4.49. The molecule has 0 aliphatic rings. The van der Waals surface area contributed by atoms with E-state index < -0.39 is 23.5 Å². The van der Waals surface area contributed by atoms with Gasteiger partial charge in [0.2, 0.25) is 0 Å². The molecule has 0 saturated heterocycles. The molecule has 0 aromatic heterocycles. The van der Waals surface area contributed by atoms with Gasteiger partial charge in [0.25, 0.3) is 0 Å². The molecule has 0 bridgehead atoms. The molecule has 36 heavy (non-hydrogen) atoms. The van der Waals surface area contributed by atoms with Crippen LogP contribution in [0.5, 0.6) is 0 Å². The van der Waals surface area contributed by atoms with Crippen molar-refractivity contribution in [2.45, 2.75) is 26.2 Å². The van der Waals surface area contributed by atoms with Crippen molar-refractivity contribution >= 4 is 34.9 Å². The lowest BCUT2D eigenvalue weighted by atomic mass is 9.96. The summed E-state index contributed by atoms with van der Waals surface area (Å²) in [6, 6.07) is 15.2. The van der Waals surface area contributed by atoms with E-state index in [-0.39, 0.29) is 22.7 Å². The van der Waals surface area contributed by atoms with Crippen LogP contribution in [0.25, 0.3) is 23.3 Å². The first-order valence-corrected chi connectivity index (χ1v) is 10.7. The predicted molar refractivity (Wildman–Crippen MR) is 126 cm³/mol. The maximum atomic E-state index is 12.8. The van der Waals surface area contributed by atoms with E-state index >= 15 is 0 Å². The molecule has 0 aliphatic heterocycles. The highest BCUT2D eigenvalue weighted by Gasteiger charge is 2.31. The topological polar surface area (TPSA) is 34.1 Å². The van der Waals surface area contributed by atoms with Crippen molar-refractivity contribution in [2.75, 3.05) is 0 Å². The molecule has 0 radical (unpaired) electrons. The number of benzene rings is 3. The van der Waals surface area contributed by atoms with E-state index in [0.29, 0.717) is 22.3 Å². The van der Waals surface area contributed by atoms with Crippen LogP contribution in [-0.2, 0) is 21.9 Å². The highest BCUT2D eigenvalue weighted by Crippen LogP contribution is 2.32. The van der Waals surface area contributed by atoms with Gasteiger partial charge in [0.05, 0.1) is 11.1 Å². The molecule has 0 atom stereocenters. The molecule has 3 rings (SSSR count). The van der Waals surface area contributed by atoms with Crippen LogP contribution in [0.15, 0.2) is 72.8 Å². The maximum Gasteiger partial charge on any atom is 0.416 e. The third-order valence-corrected chi connectivity index (χ3v) is 5.36. The lowest BCUT2D eigenvalue weighted by Crippen LogP contribution is -2.05. The molecule has 0 saturated carbocycles. The van der Waals surface area contributed by atoms with E-state index in [2.05, 4.69) is 0 Å². The van der Waals surface area contributed by atoms with Gasteiger partial charge in [-0.05, 0) is 72.5 Å². The zero-order valence-corrected chi connectivity index (χ0v) is 19.2. The van der Waals surface area contributed by atoms with Crippen LogP contribution >= 0.6 is 0 Å². The van der Waals surface area contributed by atoms with E-state index in [0.717, 1.165) is 24.3 Å². The number of hydrogen-bond acceptors (Lipinski definition) is 2. The quantitative estimate of drug-likeness (QED) is 0.195. The van der Waals surface area contributed by atoms with Crippen LogP contribution in [-0.4, -0.2) is 11.6 Å². The Morgan fingerprint density at radius 1 is 0.528 bits per heavy atom. The highest BCUT2D eigenvalue weighted by atomic mass is 19.4. The molecule has 2 nitrogen and oxygen atoms in total. The molecule has 0 unspecified atom stereocenters. The minimum absolute atomic E-state index is 0.223. The Labute approximate surface area is 203 Å². The number of hydrogen-bond donors (Lipinski definition) is 0. The predicted octanol–water partition coefficient (Wildman–Crippen LogP) is 7.98. The van der Waals surface area contributed by atoms with Crippen molar-refractivity contribution in [2.24, 2.45) is 0 Å². The first-order valence-electron chi connectivity index (χ1n) is 10.7. The second-order valence-electron chi connectivity index (χ2n) is 8.05.